The van der Waals surface area contributed by atoms with Gasteiger partial charge in [0.15, 0.2) is 5.78 Å². The molecule has 12 nitrogen and oxygen atoms in total. The van der Waals surface area contributed by atoms with Gasteiger partial charge in [-0.05, 0) is 46.6 Å². The first-order valence-electron chi connectivity index (χ1n) is 15.4. The normalized spacial score (nSPS) is 16.2. The molecule has 0 spiro atoms. The summed E-state index contributed by atoms with van der Waals surface area (Å²) >= 11 is 0. The Morgan fingerprint density at radius 1 is 0.738 bits per heavy atom. The van der Waals surface area contributed by atoms with E-state index in [-0.39, 0.29) is 25.3 Å². The number of likely N-dealkylation sites (N-methyl/N-ethyl adjacent to an activating group) is 1. The molecule has 0 heterocycles. The van der Waals surface area contributed by atoms with Crippen LogP contribution in [0.1, 0.15) is 106 Å². The molecule has 0 fully saturated rings. The first kappa shape index (κ1) is 39.4. The Hall–Kier alpha value is -2.57. The van der Waals surface area contributed by atoms with E-state index in [1.165, 1.54) is 20.8 Å². The predicted octanol–water partition coefficient (Wildman–Crippen LogP) is 1.50. The van der Waals surface area contributed by atoms with Gasteiger partial charge in [0.2, 0.25) is 17.7 Å². The van der Waals surface area contributed by atoms with Crippen LogP contribution in [-0.4, -0.2) is 89.7 Å². The number of carbonyl (C=O) groups is 5. The summed E-state index contributed by atoms with van der Waals surface area (Å²) in [6.45, 7) is 9.94. The minimum atomic E-state index is -1.28. The van der Waals surface area contributed by atoms with Crippen molar-refractivity contribution in [1.82, 2.24) is 21.3 Å². The summed E-state index contributed by atoms with van der Waals surface area (Å²) in [6.07, 6.45) is 4.15. The number of ether oxygens (including phenoxy) is 1. The number of Topliss-reactive ketones (excluding diaryl/α,β-unsaturated/α-hetero) is 1. The van der Waals surface area contributed by atoms with Gasteiger partial charge < -0.3 is 36.2 Å². The van der Waals surface area contributed by atoms with Crippen molar-refractivity contribution in [2.75, 3.05) is 13.6 Å². The number of hydrogen-bond acceptors (Lipinski definition) is 9. The van der Waals surface area contributed by atoms with Gasteiger partial charge in [-0.3, -0.25) is 19.2 Å². The second-order valence-electron chi connectivity index (χ2n) is 11.3. The van der Waals surface area contributed by atoms with Crippen molar-refractivity contribution in [1.29, 1.82) is 0 Å². The molecule has 0 saturated carbocycles. The molecule has 12 heteroatoms. The van der Waals surface area contributed by atoms with Gasteiger partial charge in [0, 0.05) is 0 Å². The second-order valence-corrected chi connectivity index (χ2v) is 11.3. The number of aliphatic hydroxyl groups is 2. The minimum Gasteiger partial charge on any atom is -0.460 e. The fraction of sp³-hybridized carbons (Fsp3) is 0.833. The van der Waals surface area contributed by atoms with Crippen LogP contribution >= 0.6 is 0 Å². The number of unbranched alkanes of at least 4 members (excludes halogenated alkanes) is 5. The number of carbonyl (C=O) groups excluding carboxylic acids is 5. The fourth-order valence-electron chi connectivity index (χ4n) is 4.53. The van der Waals surface area contributed by atoms with Gasteiger partial charge in [0.1, 0.15) is 24.2 Å². The molecule has 0 aliphatic heterocycles. The molecule has 42 heavy (non-hydrogen) atoms. The zero-order valence-electron chi connectivity index (χ0n) is 26.7. The number of ketones is 1. The van der Waals surface area contributed by atoms with Crippen LogP contribution in [0.25, 0.3) is 0 Å². The van der Waals surface area contributed by atoms with E-state index in [4.69, 9.17) is 4.74 Å². The van der Waals surface area contributed by atoms with Gasteiger partial charge in [-0.2, -0.15) is 0 Å². The van der Waals surface area contributed by atoms with Crippen LogP contribution in [-0.2, 0) is 28.7 Å². The summed E-state index contributed by atoms with van der Waals surface area (Å²) in [7, 11) is 1.57. The van der Waals surface area contributed by atoms with Gasteiger partial charge in [0.05, 0.1) is 25.2 Å². The maximum atomic E-state index is 13.4. The average Bonchev–Trinajstić information content (AvgIpc) is 2.91. The molecule has 0 bridgehead atoms. The van der Waals surface area contributed by atoms with Crippen molar-refractivity contribution in [3.05, 3.63) is 0 Å². The number of rotatable bonds is 23. The summed E-state index contributed by atoms with van der Waals surface area (Å²) in [5, 5.41) is 30.3. The van der Waals surface area contributed by atoms with Crippen LogP contribution < -0.4 is 21.3 Å². The zero-order chi connectivity index (χ0) is 32.2. The molecule has 6 N–H and O–H groups in total. The Balaban J connectivity index is 5.80. The Morgan fingerprint density at radius 3 is 1.83 bits per heavy atom. The molecule has 0 aliphatic rings. The van der Waals surface area contributed by atoms with Gasteiger partial charge >= 0.3 is 5.97 Å². The molecule has 0 aliphatic carbocycles. The molecule has 7 atom stereocenters. The summed E-state index contributed by atoms with van der Waals surface area (Å²) in [4.78, 5) is 63.3. The number of hydrogen-bond donors (Lipinski definition) is 6. The first-order valence-corrected chi connectivity index (χ1v) is 15.4. The lowest BCUT2D eigenvalue weighted by atomic mass is 9.94. The summed E-state index contributed by atoms with van der Waals surface area (Å²) < 4.78 is 5.86. The highest BCUT2D eigenvalue weighted by Crippen LogP contribution is 2.21. The van der Waals surface area contributed by atoms with Crippen molar-refractivity contribution in [2.24, 2.45) is 5.92 Å². The number of nitrogens with one attached hydrogen (secondary N) is 4. The van der Waals surface area contributed by atoms with Crippen molar-refractivity contribution >= 4 is 29.5 Å². The molecule has 0 aromatic rings. The zero-order valence-corrected chi connectivity index (χ0v) is 26.7. The highest BCUT2D eigenvalue weighted by molar-refractivity contribution is 5.92. The number of esters is 1. The van der Waals surface area contributed by atoms with E-state index in [0.29, 0.717) is 12.8 Å². The van der Waals surface area contributed by atoms with Crippen molar-refractivity contribution in [3.63, 3.8) is 0 Å². The molecule has 3 amide bonds. The van der Waals surface area contributed by atoms with E-state index in [0.717, 1.165) is 38.5 Å². The molecule has 244 valence electrons. The highest BCUT2D eigenvalue weighted by Gasteiger charge is 2.33. The Kier molecular flexibility index (Phi) is 20.7. The van der Waals surface area contributed by atoms with E-state index >= 15 is 0 Å². The van der Waals surface area contributed by atoms with Crippen LogP contribution in [0.5, 0.6) is 0 Å². The van der Waals surface area contributed by atoms with E-state index in [1.807, 2.05) is 13.8 Å². The maximum Gasteiger partial charge on any atom is 0.328 e. The predicted molar refractivity (Wildman–Crippen MR) is 160 cm³/mol. The summed E-state index contributed by atoms with van der Waals surface area (Å²) in [6, 6.07) is -3.43. The first-order chi connectivity index (χ1) is 19.8. The molecule has 0 aromatic carbocycles. The third-order valence-electron chi connectivity index (χ3n) is 7.15. The molecule has 0 saturated heterocycles. The molecule has 7 unspecified atom stereocenters. The maximum absolute atomic E-state index is 13.4. The van der Waals surface area contributed by atoms with Crippen molar-refractivity contribution in [2.45, 2.75) is 142 Å². The molecular formula is C30H56N4O8. The van der Waals surface area contributed by atoms with Crippen molar-refractivity contribution < 1.29 is 38.9 Å². The van der Waals surface area contributed by atoms with Crippen LogP contribution in [0, 0.1) is 5.92 Å². The standard InChI is InChI=1S/C30H56N4O8/c1-8-10-12-13-14-15-19(3)24(17-25(38)33-27(20(4)35)21(5)36)42-30(41)23(16-11-9-2)32-29(40)28(22(6)37)34-26(39)18-31-7/h19-20,22-24,27-28,31,35,37H,8-18H2,1-7H3,(H,32,40)(H,33,38)(H,34,39). The fourth-order valence-corrected chi connectivity index (χ4v) is 4.53. The number of amides is 3. The topological polar surface area (TPSA) is 183 Å². The lowest BCUT2D eigenvalue weighted by Gasteiger charge is -2.29. The largest absolute Gasteiger partial charge is 0.460 e. The summed E-state index contributed by atoms with van der Waals surface area (Å²) in [5.41, 5.74) is 0. The lowest BCUT2D eigenvalue weighted by Crippen LogP contribution is -2.57. The molecule has 0 rings (SSSR count). The number of aliphatic hydroxyl groups excluding tert-OH is 2. The molecule has 0 aromatic heterocycles. The van der Waals surface area contributed by atoms with Gasteiger partial charge in [-0.1, -0.05) is 65.7 Å². The highest BCUT2D eigenvalue weighted by atomic mass is 16.5. The Labute approximate surface area is 251 Å². The molecule has 0 radical (unpaired) electrons. The smallest absolute Gasteiger partial charge is 0.328 e. The van der Waals surface area contributed by atoms with E-state index in [1.54, 1.807) is 7.05 Å². The quantitative estimate of drug-likeness (QED) is 0.0747. The van der Waals surface area contributed by atoms with E-state index in [9.17, 15) is 34.2 Å². The van der Waals surface area contributed by atoms with Gasteiger partial charge in [-0.25, -0.2) is 4.79 Å². The van der Waals surface area contributed by atoms with Crippen LogP contribution in [0.4, 0.5) is 0 Å². The van der Waals surface area contributed by atoms with Crippen LogP contribution in [0.15, 0.2) is 0 Å². The summed E-state index contributed by atoms with van der Waals surface area (Å²) in [5.74, 6) is -3.08. The van der Waals surface area contributed by atoms with Crippen LogP contribution in [0.3, 0.4) is 0 Å². The van der Waals surface area contributed by atoms with Gasteiger partial charge in [0.25, 0.3) is 0 Å². The third kappa shape index (κ3) is 16.2. The minimum absolute atomic E-state index is 0.0581. The third-order valence-corrected chi connectivity index (χ3v) is 7.15. The Morgan fingerprint density at radius 2 is 1.31 bits per heavy atom. The SMILES string of the molecule is CCCCCCCC(C)C(CC(=O)NC(C(C)=O)C(C)O)OC(=O)C(CCCC)NC(=O)C(NC(=O)CNC)C(C)O. The molecular weight excluding hydrogens is 544 g/mol. The van der Waals surface area contributed by atoms with Crippen LogP contribution in [0.2, 0.25) is 0 Å². The monoisotopic (exact) mass is 600 g/mol. The lowest BCUT2D eigenvalue weighted by molar-refractivity contribution is -0.158. The average molecular weight is 601 g/mol. The second kappa shape index (κ2) is 22.0. The van der Waals surface area contributed by atoms with Crippen molar-refractivity contribution in [3.8, 4) is 0 Å². The Bertz CT molecular complexity index is 836. The van der Waals surface area contributed by atoms with E-state index in [2.05, 4.69) is 28.2 Å². The van der Waals surface area contributed by atoms with Gasteiger partial charge in [-0.15, -0.1) is 0 Å². The van der Waals surface area contributed by atoms with E-state index < -0.39 is 65.9 Å².